The summed E-state index contributed by atoms with van der Waals surface area (Å²) in [5.74, 6) is -1.38. The highest BCUT2D eigenvalue weighted by Gasteiger charge is 2.23. The number of azo groups is 1. The first-order chi connectivity index (χ1) is 17.5. The zero-order chi connectivity index (χ0) is 25.3. The maximum Gasteiger partial charge on any atom is 0.341 e. The molecule has 1 heterocycles. The molecular formula is C25H23N5O6. The molecule has 184 valence electrons. The zero-order valence-electron chi connectivity index (χ0n) is 19.2. The highest BCUT2D eigenvalue weighted by Crippen LogP contribution is 2.27. The predicted molar refractivity (Wildman–Crippen MR) is 132 cm³/mol. The van der Waals surface area contributed by atoms with Crippen LogP contribution in [0.4, 0.5) is 28.4 Å². The summed E-state index contributed by atoms with van der Waals surface area (Å²) >= 11 is 0. The highest BCUT2D eigenvalue weighted by molar-refractivity contribution is 5.99. The minimum Gasteiger partial charge on any atom is -0.452 e. The number of nitro groups is 1. The third kappa shape index (κ3) is 6.48. The summed E-state index contributed by atoms with van der Waals surface area (Å²) < 4.78 is 10.5. The Morgan fingerprint density at radius 3 is 2.31 bits per heavy atom. The van der Waals surface area contributed by atoms with Gasteiger partial charge in [-0.2, -0.15) is 10.2 Å². The Morgan fingerprint density at radius 2 is 1.64 bits per heavy atom. The van der Waals surface area contributed by atoms with Crippen LogP contribution in [0.25, 0.3) is 0 Å². The number of anilines is 2. The van der Waals surface area contributed by atoms with Crippen LogP contribution in [0.2, 0.25) is 0 Å². The number of carbonyl (C=O) groups excluding carboxylic acids is 2. The van der Waals surface area contributed by atoms with Gasteiger partial charge in [-0.25, -0.2) is 4.79 Å². The van der Waals surface area contributed by atoms with E-state index in [4.69, 9.17) is 9.47 Å². The van der Waals surface area contributed by atoms with Gasteiger partial charge in [-0.3, -0.25) is 14.9 Å². The quantitative estimate of drug-likeness (QED) is 0.211. The molecule has 4 rings (SSSR count). The largest absolute Gasteiger partial charge is 0.452 e. The van der Waals surface area contributed by atoms with Crippen LogP contribution in [0.15, 0.2) is 83.0 Å². The van der Waals surface area contributed by atoms with Crippen LogP contribution < -0.4 is 10.2 Å². The molecule has 1 amide bonds. The molecule has 0 bridgehead atoms. The SMILES string of the molecule is O=C(COC(=O)c1cc([N+](=O)[O-])ccc1N1CCOCC1)Nc1ccc(N=Nc2ccccc2)cc1. The van der Waals surface area contributed by atoms with Crippen LogP contribution in [0.5, 0.6) is 0 Å². The standard InChI is InChI=1S/C25H23N5O6/c31-24(26-18-6-8-20(9-7-18)28-27-19-4-2-1-3-5-19)17-36-25(32)22-16-21(30(33)34)10-11-23(22)29-12-14-35-15-13-29/h1-11,16H,12-15,17H2,(H,26,31). The molecule has 0 spiro atoms. The van der Waals surface area contributed by atoms with E-state index in [9.17, 15) is 19.7 Å². The van der Waals surface area contributed by atoms with Gasteiger partial charge in [0.2, 0.25) is 0 Å². The Morgan fingerprint density at radius 1 is 0.972 bits per heavy atom. The van der Waals surface area contributed by atoms with Crippen molar-refractivity contribution in [3.05, 3.63) is 88.5 Å². The van der Waals surface area contributed by atoms with Gasteiger partial charge in [0, 0.05) is 30.9 Å². The van der Waals surface area contributed by atoms with Crippen LogP contribution in [0.1, 0.15) is 10.4 Å². The molecule has 36 heavy (non-hydrogen) atoms. The van der Waals surface area contributed by atoms with Crippen molar-refractivity contribution in [3.8, 4) is 0 Å². The van der Waals surface area contributed by atoms with Gasteiger partial charge in [0.05, 0.1) is 40.8 Å². The molecule has 0 aliphatic carbocycles. The van der Waals surface area contributed by atoms with Crippen molar-refractivity contribution in [1.82, 2.24) is 0 Å². The predicted octanol–water partition coefficient (Wildman–Crippen LogP) is 4.64. The van der Waals surface area contributed by atoms with E-state index in [0.717, 1.165) is 11.8 Å². The number of non-ortho nitro benzene ring substituents is 1. The number of hydrogen-bond acceptors (Lipinski definition) is 9. The van der Waals surface area contributed by atoms with Crippen LogP contribution in [-0.2, 0) is 14.3 Å². The van der Waals surface area contributed by atoms with E-state index in [-0.39, 0.29) is 11.3 Å². The molecule has 1 N–H and O–H groups in total. The lowest BCUT2D eigenvalue weighted by molar-refractivity contribution is -0.384. The Kier molecular flexibility index (Phi) is 7.94. The normalized spacial score (nSPS) is 13.4. The molecule has 11 nitrogen and oxygen atoms in total. The minimum absolute atomic E-state index is 0.0204. The molecule has 0 radical (unpaired) electrons. The second kappa shape index (κ2) is 11.7. The summed E-state index contributed by atoms with van der Waals surface area (Å²) in [6.45, 7) is 1.44. The van der Waals surface area contributed by atoms with Gasteiger partial charge in [-0.05, 0) is 42.5 Å². The average molecular weight is 489 g/mol. The Hall–Kier alpha value is -4.64. The van der Waals surface area contributed by atoms with Gasteiger partial charge >= 0.3 is 5.97 Å². The second-order valence-electron chi connectivity index (χ2n) is 7.76. The number of carbonyl (C=O) groups is 2. The van der Waals surface area contributed by atoms with Crippen molar-refractivity contribution >= 4 is 40.3 Å². The lowest BCUT2D eigenvalue weighted by Crippen LogP contribution is -2.37. The maximum absolute atomic E-state index is 12.8. The number of amides is 1. The maximum atomic E-state index is 12.8. The fourth-order valence-electron chi connectivity index (χ4n) is 3.51. The lowest BCUT2D eigenvalue weighted by Gasteiger charge is -2.30. The molecule has 1 aliphatic heterocycles. The van der Waals surface area contributed by atoms with E-state index in [1.165, 1.54) is 12.1 Å². The Bertz CT molecular complexity index is 1260. The molecule has 3 aromatic carbocycles. The van der Waals surface area contributed by atoms with Crippen LogP contribution in [0, 0.1) is 10.1 Å². The number of esters is 1. The number of nitro benzene ring substituents is 1. The van der Waals surface area contributed by atoms with Crippen molar-refractivity contribution < 1.29 is 24.0 Å². The zero-order valence-corrected chi connectivity index (χ0v) is 19.2. The number of nitrogens with zero attached hydrogens (tertiary/aromatic N) is 4. The summed E-state index contributed by atoms with van der Waals surface area (Å²) in [6.07, 6.45) is 0. The van der Waals surface area contributed by atoms with Crippen molar-refractivity contribution in [2.24, 2.45) is 10.2 Å². The number of morpholine rings is 1. The summed E-state index contributed by atoms with van der Waals surface area (Å²) in [5, 5.41) is 22.1. The number of hydrogen-bond donors (Lipinski definition) is 1. The number of benzene rings is 3. The summed E-state index contributed by atoms with van der Waals surface area (Å²) in [4.78, 5) is 37.6. The molecule has 1 aliphatic rings. The van der Waals surface area contributed by atoms with Gasteiger partial charge < -0.3 is 19.7 Å². The first kappa shape index (κ1) is 24.5. The average Bonchev–Trinajstić information content (AvgIpc) is 2.92. The number of rotatable bonds is 8. The monoisotopic (exact) mass is 489 g/mol. The van der Waals surface area contributed by atoms with E-state index < -0.39 is 23.4 Å². The first-order valence-electron chi connectivity index (χ1n) is 11.1. The van der Waals surface area contributed by atoms with Crippen LogP contribution >= 0.6 is 0 Å². The summed E-state index contributed by atoms with van der Waals surface area (Å²) in [7, 11) is 0. The Labute approximate surface area is 206 Å². The van der Waals surface area contributed by atoms with Gasteiger partial charge in [0.25, 0.3) is 11.6 Å². The number of ether oxygens (including phenoxy) is 2. The van der Waals surface area contributed by atoms with Crippen LogP contribution in [-0.4, -0.2) is 49.7 Å². The van der Waals surface area contributed by atoms with Gasteiger partial charge in [-0.1, -0.05) is 18.2 Å². The van der Waals surface area contributed by atoms with E-state index in [1.807, 2.05) is 35.2 Å². The van der Waals surface area contributed by atoms with Crippen molar-refractivity contribution in [1.29, 1.82) is 0 Å². The van der Waals surface area contributed by atoms with E-state index >= 15 is 0 Å². The number of nitrogens with one attached hydrogen (secondary N) is 1. The second-order valence-corrected chi connectivity index (χ2v) is 7.76. The van der Waals surface area contributed by atoms with Crippen molar-refractivity contribution in [2.45, 2.75) is 0 Å². The Balaban J connectivity index is 1.36. The van der Waals surface area contributed by atoms with E-state index in [1.54, 1.807) is 24.3 Å². The molecule has 0 saturated carbocycles. The van der Waals surface area contributed by atoms with Gasteiger partial charge in [-0.15, -0.1) is 0 Å². The summed E-state index contributed by atoms with van der Waals surface area (Å²) in [5.41, 5.74) is 2.08. The minimum atomic E-state index is -0.827. The van der Waals surface area contributed by atoms with E-state index in [0.29, 0.717) is 43.4 Å². The van der Waals surface area contributed by atoms with Crippen molar-refractivity contribution in [3.63, 3.8) is 0 Å². The third-order valence-electron chi connectivity index (χ3n) is 5.29. The lowest BCUT2D eigenvalue weighted by atomic mass is 10.1. The molecule has 0 atom stereocenters. The smallest absolute Gasteiger partial charge is 0.341 e. The van der Waals surface area contributed by atoms with Gasteiger partial charge in [0.1, 0.15) is 0 Å². The summed E-state index contributed by atoms with van der Waals surface area (Å²) in [6, 6.07) is 19.9. The molecule has 3 aromatic rings. The van der Waals surface area contributed by atoms with Crippen LogP contribution in [0.3, 0.4) is 0 Å². The molecular weight excluding hydrogens is 466 g/mol. The first-order valence-corrected chi connectivity index (χ1v) is 11.1. The molecule has 1 saturated heterocycles. The molecule has 11 heteroatoms. The van der Waals surface area contributed by atoms with Gasteiger partial charge in [0.15, 0.2) is 6.61 Å². The fraction of sp³-hybridized carbons (Fsp3) is 0.200. The fourth-order valence-corrected chi connectivity index (χ4v) is 3.51. The van der Waals surface area contributed by atoms with Crippen molar-refractivity contribution in [2.75, 3.05) is 43.1 Å². The molecule has 0 aromatic heterocycles. The topological polar surface area (TPSA) is 136 Å². The third-order valence-corrected chi connectivity index (χ3v) is 5.29. The highest BCUT2D eigenvalue weighted by atomic mass is 16.6. The molecule has 1 fully saturated rings. The molecule has 0 unspecified atom stereocenters. The van der Waals surface area contributed by atoms with E-state index in [2.05, 4.69) is 15.5 Å².